The summed E-state index contributed by atoms with van der Waals surface area (Å²) in [7, 11) is 0. The van der Waals surface area contributed by atoms with Crippen LogP contribution in [0.3, 0.4) is 0 Å². The van der Waals surface area contributed by atoms with Gasteiger partial charge >= 0.3 is 0 Å². The highest BCUT2D eigenvalue weighted by molar-refractivity contribution is 4.98. The van der Waals surface area contributed by atoms with Gasteiger partial charge in [-0.15, -0.1) is 0 Å². The summed E-state index contributed by atoms with van der Waals surface area (Å²) in [5.74, 6) is 0.862. The Morgan fingerprint density at radius 3 is 2.71 bits per heavy atom. The number of rotatable bonds is 0. The lowest BCUT2D eigenvalue weighted by Gasteiger charge is -2.47. The van der Waals surface area contributed by atoms with Gasteiger partial charge in [0.15, 0.2) is 0 Å². The van der Waals surface area contributed by atoms with E-state index in [0.29, 0.717) is 17.7 Å². The van der Waals surface area contributed by atoms with Crippen molar-refractivity contribution < 1.29 is 4.74 Å². The van der Waals surface area contributed by atoms with Crippen LogP contribution in [0.4, 0.5) is 0 Å². The van der Waals surface area contributed by atoms with Gasteiger partial charge in [-0.25, -0.2) is 0 Å². The predicted octanol–water partition coefficient (Wildman–Crippen LogP) is 2.33. The van der Waals surface area contributed by atoms with Gasteiger partial charge in [0.25, 0.3) is 0 Å². The summed E-state index contributed by atoms with van der Waals surface area (Å²) in [6.07, 6.45) is 5.72. The van der Waals surface area contributed by atoms with Gasteiger partial charge in [-0.2, -0.15) is 0 Å². The molecule has 2 aliphatic rings. The molecule has 0 aromatic rings. The molecule has 1 aliphatic carbocycles. The van der Waals surface area contributed by atoms with Gasteiger partial charge < -0.3 is 10.1 Å². The molecule has 2 rings (SSSR count). The fourth-order valence-electron chi connectivity index (χ4n) is 3.00. The summed E-state index contributed by atoms with van der Waals surface area (Å²) in [6.45, 7) is 7.69. The van der Waals surface area contributed by atoms with Crippen LogP contribution < -0.4 is 5.32 Å². The molecule has 0 amide bonds. The van der Waals surface area contributed by atoms with Gasteiger partial charge in [-0.05, 0) is 32.6 Å². The molecule has 1 saturated heterocycles. The van der Waals surface area contributed by atoms with E-state index in [-0.39, 0.29) is 0 Å². The molecule has 14 heavy (non-hydrogen) atoms. The fraction of sp³-hybridized carbons (Fsp3) is 1.00. The average molecular weight is 197 g/mol. The molecule has 1 spiro atoms. The summed E-state index contributed by atoms with van der Waals surface area (Å²) >= 11 is 0. The van der Waals surface area contributed by atoms with Crippen molar-refractivity contribution in [3.8, 4) is 0 Å². The molecule has 1 N–H and O–H groups in total. The van der Waals surface area contributed by atoms with Crippen LogP contribution in [0.25, 0.3) is 0 Å². The van der Waals surface area contributed by atoms with Crippen LogP contribution in [-0.4, -0.2) is 24.3 Å². The first kappa shape index (κ1) is 10.4. The van der Waals surface area contributed by atoms with E-state index in [2.05, 4.69) is 26.1 Å². The van der Waals surface area contributed by atoms with E-state index in [1.165, 1.54) is 25.7 Å². The highest BCUT2D eigenvalue weighted by atomic mass is 16.5. The Morgan fingerprint density at radius 2 is 2.07 bits per heavy atom. The smallest absolute Gasteiger partial charge is 0.0698 e. The van der Waals surface area contributed by atoms with Gasteiger partial charge in [0, 0.05) is 11.6 Å². The maximum Gasteiger partial charge on any atom is 0.0698 e. The van der Waals surface area contributed by atoms with E-state index < -0.39 is 0 Å². The van der Waals surface area contributed by atoms with Gasteiger partial charge in [-0.3, -0.25) is 0 Å². The first-order valence-corrected chi connectivity index (χ1v) is 6.01. The molecule has 2 heteroatoms. The topological polar surface area (TPSA) is 21.3 Å². The van der Waals surface area contributed by atoms with Gasteiger partial charge in [0.2, 0.25) is 0 Å². The Bertz CT molecular complexity index is 206. The number of ether oxygens (including phenoxy) is 1. The molecule has 0 aromatic heterocycles. The first-order valence-electron chi connectivity index (χ1n) is 6.01. The van der Waals surface area contributed by atoms with E-state index in [1.807, 2.05) is 0 Å². The first-order chi connectivity index (χ1) is 6.61. The van der Waals surface area contributed by atoms with Crippen LogP contribution in [-0.2, 0) is 4.74 Å². The lowest BCUT2D eigenvalue weighted by atomic mass is 9.75. The Morgan fingerprint density at radius 1 is 1.29 bits per heavy atom. The van der Waals surface area contributed by atoms with Crippen molar-refractivity contribution in [3.63, 3.8) is 0 Å². The normalized spacial score (nSPS) is 49.5. The Balaban J connectivity index is 2.01. The molecule has 0 bridgehead atoms. The number of nitrogens with one attached hydrogen (secondary N) is 1. The minimum atomic E-state index is 0.309. The zero-order valence-electron chi connectivity index (χ0n) is 9.68. The zero-order chi connectivity index (χ0) is 10.2. The molecule has 1 saturated carbocycles. The molecule has 2 nitrogen and oxygen atoms in total. The largest absolute Gasteiger partial charge is 0.375 e. The third-order valence-electron chi connectivity index (χ3n) is 3.95. The molecule has 82 valence electrons. The maximum absolute atomic E-state index is 5.87. The SMILES string of the molecule is CC1CCCC2(COC(C)C(C)N2)C1. The standard InChI is InChI=1S/C12H23NO/c1-9-5-4-6-12(7-9)8-14-11(3)10(2)13-12/h9-11,13H,4-8H2,1-3H3. The number of morpholine rings is 1. The second-order valence-corrected chi connectivity index (χ2v) is 5.43. The van der Waals surface area contributed by atoms with Crippen LogP contribution in [0, 0.1) is 5.92 Å². The molecular formula is C12H23NO. The molecule has 4 unspecified atom stereocenters. The number of hydrogen-bond donors (Lipinski definition) is 1. The molecule has 1 heterocycles. The third-order valence-corrected chi connectivity index (χ3v) is 3.95. The lowest BCUT2D eigenvalue weighted by Crippen LogP contribution is -2.62. The maximum atomic E-state index is 5.87. The second kappa shape index (κ2) is 3.82. The fourth-order valence-corrected chi connectivity index (χ4v) is 3.00. The lowest BCUT2D eigenvalue weighted by molar-refractivity contribution is -0.0665. The summed E-state index contributed by atoms with van der Waals surface area (Å²) in [6, 6.07) is 0.508. The van der Waals surface area contributed by atoms with Crippen molar-refractivity contribution in [2.24, 2.45) is 5.92 Å². The zero-order valence-corrected chi connectivity index (χ0v) is 9.68. The van der Waals surface area contributed by atoms with Crippen LogP contribution >= 0.6 is 0 Å². The molecule has 1 aliphatic heterocycles. The van der Waals surface area contributed by atoms with E-state index in [9.17, 15) is 0 Å². The summed E-state index contributed by atoms with van der Waals surface area (Å²) in [4.78, 5) is 0. The molecule has 2 fully saturated rings. The minimum Gasteiger partial charge on any atom is -0.375 e. The highest BCUT2D eigenvalue weighted by Gasteiger charge is 2.40. The van der Waals surface area contributed by atoms with Crippen molar-refractivity contribution in [1.29, 1.82) is 0 Å². The number of hydrogen-bond acceptors (Lipinski definition) is 2. The van der Waals surface area contributed by atoms with Crippen molar-refractivity contribution in [2.75, 3.05) is 6.61 Å². The van der Waals surface area contributed by atoms with Crippen LogP contribution in [0.5, 0.6) is 0 Å². The predicted molar refractivity (Wildman–Crippen MR) is 58.4 cm³/mol. The van der Waals surface area contributed by atoms with Crippen molar-refractivity contribution >= 4 is 0 Å². The van der Waals surface area contributed by atoms with E-state index >= 15 is 0 Å². The van der Waals surface area contributed by atoms with Gasteiger partial charge in [0.1, 0.15) is 0 Å². The van der Waals surface area contributed by atoms with E-state index in [0.717, 1.165) is 12.5 Å². The Labute approximate surface area is 87.4 Å². The second-order valence-electron chi connectivity index (χ2n) is 5.43. The minimum absolute atomic E-state index is 0.309. The Kier molecular flexibility index (Phi) is 2.85. The van der Waals surface area contributed by atoms with Gasteiger partial charge in [-0.1, -0.05) is 19.8 Å². The van der Waals surface area contributed by atoms with E-state index in [1.54, 1.807) is 0 Å². The molecule has 0 radical (unpaired) electrons. The van der Waals surface area contributed by atoms with Crippen molar-refractivity contribution in [1.82, 2.24) is 5.32 Å². The summed E-state index contributed by atoms with van der Waals surface area (Å²) < 4.78 is 5.87. The van der Waals surface area contributed by atoms with Crippen LogP contribution in [0.1, 0.15) is 46.5 Å². The average Bonchev–Trinajstić information content (AvgIpc) is 2.12. The van der Waals surface area contributed by atoms with E-state index in [4.69, 9.17) is 4.74 Å². The Hall–Kier alpha value is -0.0800. The van der Waals surface area contributed by atoms with Crippen LogP contribution in [0.15, 0.2) is 0 Å². The molecule has 4 atom stereocenters. The van der Waals surface area contributed by atoms with Gasteiger partial charge in [0.05, 0.1) is 12.7 Å². The van der Waals surface area contributed by atoms with Crippen molar-refractivity contribution in [2.45, 2.75) is 64.1 Å². The van der Waals surface area contributed by atoms with Crippen LogP contribution in [0.2, 0.25) is 0 Å². The monoisotopic (exact) mass is 197 g/mol. The summed E-state index contributed by atoms with van der Waals surface area (Å²) in [5.41, 5.74) is 0.309. The summed E-state index contributed by atoms with van der Waals surface area (Å²) in [5, 5.41) is 3.79. The third kappa shape index (κ3) is 1.96. The highest BCUT2D eigenvalue weighted by Crippen LogP contribution is 2.35. The molecular weight excluding hydrogens is 174 g/mol. The van der Waals surface area contributed by atoms with Crippen molar-refractivity contribution in [3.05, 3.63) is 0 Å². The molecule has 0 aromatic carbocycles. The quantitative estimate of drug-likeness (QED) is 0.643.